The molecule has 1 aromatic carbocycles. The van der Waals surface area contributed by atoms with Gasteiger partial charge in [0.05, 0.1) is 20.8 Å². The first-order valence-electron chi connectivity index (χ1n) is 6.10. The summed E-state index contributed by atoms with van der Waals surface area (Å²) in [7, 11) is 5.04. The van der Waals surface area contributed by atoms with Crippen LogP contribution in [0.3, 0.4) is 0 Å². The fourth-order valence-corrected chi connectivity index (χ4v) is 1.94. The fourth-order valence-electron chi connectivity index (χ4n) is 1.94. The molecule has 5 heteroatoms. The maximum Gasteiger partial charge on any atom is 0.122 e. The Hall–Kier alpha value is -0.970. The van der Waals surface area contributed by atoms with Crippen molar-refractivity contribution in [3.63, 3.8) is 0 Å². The minimum atomic E-state index is 0. The molecule has 1 atom stereocenters. The van der Waals surface area contributed by atoms with Crippen molar-refractivity contribution in [2.24, 2.45) is 5.73 Å². The Bertz CT molecular complexity index is 383. The van der Waals surface area contributed by atoms with E-state index in [4.69, 9.17) is 19.9 Å². The van der Waals surface area contributed by atoms with Gasteiger partial charge in [0.15, 0.2) is 0 Å². The van der Waals surface area contributed by atoms with E-state index >= 15 is 0 Å². The summed E-state index contributed by atoms with van der Waals surface area (Å²) in [5, 5.41) is 0. The summed E-state index contributed by atoms with van der Waals surface area (Å²) >= 11 is 0. The van der Waals surface area contributed by atoms with Crippen LogP contribution in [0, 0.1) is 0 Å². The van der Waals surface area contributed by atoms with E-state index in [1.165, 1.54) is 0 Å². The number of rotatable bonds is 7. The predicted molar refractivity (Wildman–Crippen MR) is 79.7 cm³/mol. The molecule has 0 aliphatic carbocycles. The third kappa shape index (κ3) is 5.27. The topological polar surface area (TPSA) is 53.7 Å². The van der Waals surface area contributed by atoms with Gasteiger partial charge in [-0.05, 0) is 37.5 Å². The molecule has 0 fully saturated rings. The van der Waals surface area contributed by atoms with Gasteiger partial charge < -0.3 is 19.9 Å². The first-order valence-corrected chi connectivity index (χ1v) is 6.10. The van der Waals surface area contributed by atoms with E-state index in [0.717, 1.165) is 35.5 Å². The average molecular weight is 290 g/mol. The van der Waals surface area contributed by atoms with Crippen LogP contribution in [0.4, 0.5) is 0 Å². The highest BCUT2D eigenvalue weighted by atomic mass is 35.5. The Morgan fingerprint density at radius 2 is 1.58 bits per heavy atom. The molecule has 0 amide bonds. The number of hydrogen-bond donors (Lipinski definition) is 1. The Labute approximate surface area is 121 Å². The van der Waals surface area contributed by atoms with Crippen molar-refractivity contribution < 1.29 is 14.2 Å². The second-order valence-electron chi connectivity index (χ2n) is 4.40. The fraction of sp³-hybridized carbons (Fsp3) is 0.571. The number of nitrogens with two attached hydrogens (primary N) is 1. The van der Waals surface area contributed by atoms with Gasteiger partial charge in [0.1, 0.15) is 11.5 Å². The monoisotopic (exact) mass is 289 g/mol. The quantitative estimate of drug-likeness (QED) is 0.836. The van der Waals surface area contributed by atoms with Crippen LogP contribution < -0.4 is 15.2 Å². The van der Waals surface area contributed by atoms with Gasteiger partial charge in [-0.3, -0.25) is 0 Å². The van der Waals surface area contributed by atoms with Crippen molar-refractivity contribution in [2.75, 3.05) is 27.9 Å². The molecule has 0 saturated heterocycles. The molecule has 19 heavy (non-hydrogen) atoms. The Morgan fingerprint density at radius 1 is 1.05 bits per heavy atom. The lowest BCUT2D eigenvalue weighted by molar-refractivity contribution is 0.201. The highest BCUT2D eigenvalue weighted by molar-refractivity contribution is 5.85. The van der Waals surface area contributed by atoms with Crippen molar-refractivity contribution in [2.45, 2.75) is 25.8 Å². The van der Waals surface area contributed by atoms with Gasteiger partial charge in [0.2, 0.25) is 0 Å². The molecule has 0 spiro atoms. The van der Waals surface area contributed by atoms with Gasteiger partial charge in [0, 0.05) is 18.7 Å². The zero-order valence-corrected chi connectivity index (χ0v) is 12.9. The molecule has 0 radical (unpaired) electrons. The van der Waals surface area contributed by atoms with Crippen LogP contribution in [-0.4, -0.2) is 34.0 Å². The maximum atomic E-state index is 5.84. The zero-order chi connectivity index (χ0) is 13.5. The molecule has 4 nitrogen and oxygen atoms in total. The summed E-state index contributed by atoms with van der Waals surface area (Å²) in [6.45, 7) is 2.64. The van der Waals surface area contributed by atoms with E-state index in [0.29, 0.717) is 6.61 Å². The summed E-state index contributed by atoms with van der Waals surface area (Å²) in [4.78, 5) is 0. The van der Waals surface area contributed by atoms with Crippen molar-refractivity contribution in [3.05, 3.63) is 23.3 Å². The van der Waals surface area contributed by atoms with Gasteiger partial charge in [-0.1, -0.05) is 0 Å². The second kappa shape index (κ2) is 9.02. The number of benzene rings is 1. The molecule has 0 saturated carbocycles. The number of ether oxygens (including phenoxy) is 3. The normalized spacial score (nSPS) is 11.6. The van der Waals surface area contributed by atoms with Crippen LogP contribution in [0.1, 0.15) is 18.1 Å². The van der Waals surface area contributed by atoms with Gasteiger partial charge in [-0.25, -0.2) is 0 Å². The molecule has 2 N–H and O–H groups in total. The highest BCUT2D eigenvalue weighted by Gasteiger charge is 2.12. The molecule has 1 aromatic rings. The molecule has 0 aliphatic rings. The zero-order valence-electron chi connectivity index (χ0n) is 12.1. The van der Waals surface area contributed by atoms with Crippen molar-refractivity contribution in [1.29, 1.82) is 0 Å². The minimum Gasteiger partial charge on any atom is -0.496 e. The number of methoxy groups -OCH3 is 3. The van der Waals surface area contributed by atoms with Crippen molar-refractivity contribution >= 4 is 12.4 Å². The van der Waals surface area contributed by atoms with Crippen LogP contribution in [0.25, 0.3) is 0 Å². The standard InChI is InChI=1S/C14H23NO3.ClH/c1-10(15)7-12-9-13(17-3)11(5-6-16-2)8-14(12)18-4;/h8-10H,5-7,15H2,1-4H3;1H/t10-;/m1./s1. The van der Waals surface area contributed by atoms with E-state index in [1.54, 1.807) is 21.3 Å². The van der Waals surface area contributed by atoms with Crippen molar-refractivity contribution in [1.82, 2.24) is 0 Å². The first kappa shape index (κ1) is 18.0. The minimum absolute atomic E-state index is 0. The first-order chi connectivity index (χ1) is 8.62. The summed E-state index contributed by atoms with van der Waals surface area (Å²) in [5.41, 5.74) is 8.00. The Morgan fingerprint density at radius 3 is 2.05 bits per heavy atom. The second-order valence-corrected chi connectivity index (χ2v) is 4.40. The number of halogens is 1. The largest absolute Gasteiger partial charge is 0.496 e. The van der Waals surface area contributed by atoms with Crippen LogP contribution in [0.2, 0.25) is 0 Å². The van der Waals surface area contributed by atoms with Crippen LogP contribution in [-0.2, 0) is 17.6 Å². The molecule has 1 rings (SSSR count). The smallest absolute Gasteiger partial charge is 0.122 e. The predicted octanol–water partition coefficient (Wildman–Crippen LogP) is 2.20. The van der Waals surface area contributed by atoms with Crippen LogP contribution in [0.5, 0.6) is 11.5 Å². The van der Waals surface area contributed by atoms with Crippen LogP contribution >= 0.6 is 12.4 Å². The average Bonchev–Trinajstić information content (AvgIpc) is 2.35. The molecule has 0 aromatic heterocycles. The molecular formula is C14H24ClNO3. The third-order valence-corrected chi connectivity index (χ3v) is 2.80. The molecule has 0 bridgehead atoms. The molecule has 0 heterocycles. The summed E-state index contributed by atoms with van der Waals surface area (Å²) in [6.07, 6.45) is 1.57. The summed E-state index contributed by atoms with van der Waals surface area (Å²) < 4.78 is 15.9. The lowest BCUT2D eigenvalue weighted by Gasteiger charge is -2.16. The van der Waals surface area contributed by atoms with E-state index in [1.807, 2.05) is 19.1 Å². The Kier molecular flexibility index (Phi) is 8.56. The Balaban J connectivity index is 0.00000324. The molecule has 0 unspecified atom stereocenters. The molecule has 0 aliphatic heterocycles. The SMILES string of the molecule is COCCc1cc(OC)c(C[C@@H](C)N)cc1OC.Cl. The number of hydrogen-bond acceptors (Lipinski definition) is 4. The maximum absolute atomic E-state index is 5.84. The van der Waals surface area contributed by atoms with Gasteiger partial charge >= 0.3 is 0 Å². The van der Waals surface area contributed by atoms with E-state index in [9.17, 15) is 0 Å². The van der Waals surface area contributed by atoms with E-state index < -0.39 is 0 Å². The van der Waals surface area contributed by atoms with Gasteiger partial charge in [0.25, 0.3) is 0 Å². The van der Waals surface area contributed by atoms with Gasteiger partial charge in [-0.2, -0.15) is 0 Å². The summed E-state index contributed by atoms with van der Waals surface area (Å²) in [5.74, 6) is 1.72. The van der Waals surface area contributed by atoms with Crippen LogP contribution in [0.15, 0.2) is 12.1 Å². The van der Waals surface area contributed by atoms with Gasteiger partial charge in [-0.15, -0.1) is 12.4 Å². The third-order valence-electron chi connectivity index (χ3n) is 2.80. The van der Waals surface area contributed by atoms with E-state index in [-0.39, 0.29) is 18.4 Å². The summed E-state index contributed by atoms with van der Waals surface area (Å²) in [6, 6.07) is 4.11. The van der Waals surface area contributed by atoms with Crippen molar-refractivity contribution in [3.8, 4) is 11.5 Å². The molecule has 110 valence electrons. The molecular weight excluding hydrogens is 266 g/mol. The lowest BCUT2D eigenvalue weighted by Crippen LogP contribution is -2.18. The highest BCUT2D eigenvalue weighted by Crippen LogP contribution is 2.30. The van der Waals surface area contributed by atoms with E-state index in [2.05, 4.69) is 0 Å². The lowest BCUT2D eigenvalue weighted by atomic mass is 10.0.